The SMILES string of the molecule is Cc1oc(CO)cc1S(=O)(=O)Nc1cccc(C(C)C)c1. The number of aryl methyl sites for hydroxylation is 1. The zero-order valence-corrected chi connectivity index (χ0v) is 13.1. The highest BCUT2D eigenvalue weighted by Gasteiger charge is 2.21. The Morgan fingerprint density at radius 3 is 2.57 bits per heavy atom. The minimum absolute atomic E-state index is 0.0431. The zero-order chi connectivity index (χ0) is 15.6. The number of furan rings is 1. The lowest BCUT2D eigenvalue weighted by atomic mass is 10.0. The highest BCUT2D eigenvalue weighted by molar-refractivity contribution is 7.92. The molecule has 0 amide bonds. The first kappa shape index (κ1) is 15.6. The molecule has 1 aromatic carbocycles. The van der Waals surface area contributed by atoms with Gasteiger partial charge in [0.2, 0.25) is 0 Å². The van der Waals surface area contributed by atoms with Gasteiger partial charge in [0, 0.05) is 11.8 Å². The Bertz CT molecular complexity index is 732. The van der Waals surface area contributed by atoms with Gasteiger partial charge in [-0.15, -0.1) is 0 Å². The van der Waals surface area contributed by atoms with Crippen LogP contribution in [0.15, 0.2) is 39.6 Å². The van der Waals surface area contributed by atoms with Crippen LogP contribution in [0.2, 0.25) is 0 Å². The van der Waals surface area contributed by atoms with E-state index in [2.05, 4.69) is 4.72 Å². The predicted octanol–water partition coefficient (Wildman–Crippen LogP) is 3.00. The first-order valence-corrected chi connectivity index (χ1v) is 8.14. The molecular formula is C15H19NO4S. The lowest BCUT2D eigenvalue weighted by Gasteiger charge is -2.10. The summed E-state index contributed by atoms with van der Waals surface area (Å²) < 4.78 is 32.5. The van der Waals surface area contributed by atoms with Crippen LogP contribution in [0.4, 0.5) is 5.69 Å². The normalized spacial score (nSPS) is 11.9. The molecule has 1 heterocycles. The summed E-state index contributed by atoms with van der Waals surface area (Å²) in [5.74, 6) is 0.793. The molecule has 2 N–H and O–H groups in total. The van der Waals surface area contributed by atoms with Gasteiger partial charge < -0.3 is 9.52 Å². The second kappa shape index (κ2) is 5.91. The predicted molar refractivity (Wildman–Crippen MR) is 80.7 cm³/mol. The summed E-state index contributed by atoms with van der Waals surface area (Å²) in [4.78, 5) is 0.0431. The molecule has 0 saturated carbocycles. The van der Waals surface area contributed by atoms with Gasteiger partial charge in [-0.05, 0) is 30.5 Å². The summed E-state index contributed by atoms with van der Waals surface area (Å²) in [5.41, 5.74) is 1.56. The summed E-state index contributed by atoms with van der Waals surface area (Å²) in [7, 11) is -3.73. The molecule has 0 spiro atoms. The largest absolute Gasteiger partial charge is 0.462 e. The Labute approximate surface area is 124 Å². The number of hydrogen-bond acceptors (Lipinski definition) is 4. The van der Waals surface area contributed by atoms with Gasteiger partial charge in [0.25, 0.3) is 10.0 Å². The topological polar surface area (TPSA) is 79.5 Å². The molecular weight excluding hydrogens is 290 g/mol. The van der Waals surface area contributed by atoms with Gasteiger partial charge >= 0.3 is 0 Å². The minimum atomic E-state index is -3.73. The average molecular weight is 309 g/mol. The summed E-state index contributed by atoms with van der Waals surface area (Å²) in [6.07, 6.45) is 0. The van der Waals surface area contributed by atoms with Gasteiger partial charge in [-0.2, -0.15) is 0 Å². The number of sulfonamides is 1. The Morgan fingerprint density at radius 1 is 1.29 bits per heavy atom. The fourth-order valence-corrected chi connectivity index (χ4v) is 3.29. The van der Waals surface area contributed by atoms with Crippen LogP contribution >= 0.6 is 0 Å². The Morgan fingerprint density at radius 2 is 2.00 bits per heavy atom. The molecule has 6 heteroatoms. The van der Waals surface area contributed by atoms with Gasteiger partial charge in [-0.3, -0.25) is 4.72 Å². The average Bonchev–Trinajstić information content (AvgIpc) is 2.80. The van der Waals surface area contributed by atoms with E-state index in [4.69, 9.17) is 9.52 Å². The van der Waals surface area contributed by atoms with Crippen molar-refractivity contribution >= 4 is 15.7 Å². The standard InChI is InChI=1S/C15H19NO4S/c1-10(2)12-5-4-6-13(7-12)16-21(18,19)15-8-14(9-17)20-11(15)3/h4-8,10,16-17H,9H2,1-3H3. The van der Waals surface area contributed by atoms with E-state index in [1.54, 1.807) is 13.0 Å². The number of anilines is 1. The van der Waals surface area contributed by atoms with Crippen molar-refractivity contribution in [1.29, 1.82) is 0 Å². The number of rotatable bonds is 5. The van der Waals surface area contributed by atoms with Crippen molar-refractivity contribution in [2.24, 2.45) is 0 Å². The lowest BCUT2D eigenvalue weighted by molar-refractivity contribution is 0.245. The van der Waals surface area contributed by atoms with E-state index < -0.39 is 10.0 Å². The first-order valence-electron chi connectivity index (χ1n) is 6.66. The quantitative estimate of drug-likeness (QED) is 0.890. The number of aliphatic hydroxyl groups excluding tert-OH is 1. The van der Waals surface area contributed by atoms with Gasteiger partial charge in [0.1, 0.15) is 23.0 Å². The van der Waals surface area contributed by atoms with Gasteiger partial charge in [-0.25, -0.2) is 8.42 Å². The monoisotopic (exact) mass is 309 g/mol. The van der Waals surface area contributed by atoms with Crippen LogP contribution in [0.5, 0.6) is 0 Å². The number of aliphatic hydroxyl groups is 1. The molecule has 0 aliphatic heterocycles. The summed E-state index contributed by atoms with van der Waals surface area (Å²) in [6.45, 7) is 5.31. The highest BCUT2D eigenvalue weighted by Crippen LogP contribution is 2.24. The second-order valence-electron chi connectivity index (χ2n) is 5.18. The van der Waals surface area contributed by atoms with E-state index >= 15 is 0 Å². The molecule has 114 valence electrons. The molecule has 2 rings (SSSR count). The van der Waals surface area contributed by atoms with Gasteiger partial charge in [-0.1, -0.05) is 26.0 Å². The van der Waals surface area contributed by atoms with Crippen LogP contribution in [0.3, 0.4) is 0 Å². The van der Waals surface area contributed by atoms with Crippen LogP contribution in [-0.2, 0) is 16.6 Å². The second-order valence-corrected chi connectivity index (χ2v) is 6.83. The third-order valence-electron chi connectivity index (χ3n) is 3.17. The Kier molecular flexibility index (Phi) is 4.39. The fraction of sp³-hybridized carbons (Fsp3) is 0.333. The van der Waals surface area contributed by atoms with E-state index in [0.717, 1.165) is 5.56 Å². The van der Waals surface area contributed by atoms with Crippen LogP contribution in [0.1, 0.15) is 36.8 Å². The lowest BCUT2D eigenvalue weighted by Crippen LogP contribution is -2.13. The van der Waals surface area contributed by atoms with E-state index in [9.17, 15) is 8.42 Å². The molecule has 0 fully saturated rings. The van der Waals surface area contributed by atoms with E-state index in [1.165, 1.54) is 6.07 Å². The maximum atomic E-state index is 12.4. The van der Waals surface area contributed by atoms with E-state index in [0.29, 0.717) is 11.6 Å². The summed E-state index contributed by atoms with van der Waals surface area (Å²) in [5, 5.41) is 9.02. The van der Waals surface area contributed by atoms with Gasteiger partial charge in [0.15, 0.2) is 0 Å². The highest BCUT2D eigenvalue weighted by atomic mass is 32.2. The molecule has 21 heavy (non-hydrogen) atoms. The van der Waals surface area contributed by atoms with E-state index in [1.807, 2.05) is 32.0 Å². The van der Waals surface area contributed by atoms with Crippen molar-refractivity contribution in [3.8, 4) is 0 Å². The first-order chi connectivity index (χ1) is 9.83. The summed E-state index contributed by atoms with van der Waals surface area (Å²) >= 11 is 0. The molecule has 0 saturated heterocycles. The molecule has 0 unspecified atom stereocenters. The molecule has 2 aromatic rings. The fourth-order valence-electron chi connectivity index (χ4n) is 2.04. The molecule has 1 aromatic heterocycles. The van der Waals surface area contributed by atoms with Crippen molar-refractivity contribution < 1.29 is 17.9 Å². The van der Waals surface area contributed by atoms with E-state index in [-0.39, 0.29) is 23.0 Å². The molecule has 0 bridgehead atoms. The van der Waals surface area contributed by atoms with Crippen molar-refractivity contribution in [3.05, 3.63) is 47.4 Å². The number of hydrogen-bond donors (Lipinski definition) is 2. The smallest absolute Gasteiger partial charge is 0.265 e. The molecule has 0 radical (unpaired) electrons. The molecule has 5 nitrogen and oxygen atoms in total. The Balaban J connectivity index is 2.33. The van der Waals surface area contributed by atoms with Crippen molar-refractivity contribution in [1.82, 2.24) is 0 Å². The van der Waals surface area contributed by atoms with Crippen LogP contribution < -0.4 is 4.72 Å². The van der Waals surface area contributed by atoms with Crippen LogP contribution in [0, 0.1) is 6.92 Å². The zero-order valence-electron chi connectivity index (χ0n) is 12.3. The van der Waals surface area contributed by atoms with Crippen molar-refractivity contribution in [3.63, 3.8) is 0 Å². The third kappa shape index (κ3) is 3.46. The van der Waals surface area contributed by atoms with Crippen LogP contribution in [0.25, 0.3) is 0 Å². The molecule has 0 aliphatic carbocycles. The Hall–Kier alpha value is -1.79. The van der Waals surface area contributed by atoms with Crippen molar-refractivity contribution in [2.75, 3.05) is 4.72 Å². The minimum Gasteiger partial charge on any atom is -0.462 e. The van der Waals surface area contributed by atoms with Crippen molar-refractivity contribution in [2.45, 2.75) is 38.2 Å². The maximum Gasteiger partial charge on any atom is 0.265 e. The van der Waals surface area contributed by atoms with Crippen LogP contribution in [-0.4, -0.2) is 13.5 Å². The third-order valence-corrected chi connectivity index (χ3v) is 4.66. The molecule has 0 aliphatic rings. The molecule has 0 atom stereocenters. The maximum absolute atomic E-state index is 12.4. The van der Waals surface area contributed by atoms with Gasteiger partial charge in [0.05, 0.1) is 0 Å². The number of nitrogens with one attached hydrogen (secondary N) is 1. The number of benzene rings is 1. The summed E-state index contributed by atoms with van der Waals surface area (Å²) in [6, 6.07) is 8.62.